The number of nitrogens with one attached hydrogen (secondary N) is 2. The molecule has 1 aromatic carbocycles. The number of amides is 1. The molecule has 1 aromatic heterocycles. The third-order valence-corrected chi connectivity index (χ3v) is 4.55. The molecular weight excluding hydrogens is 314 g/mol. The Morgan fingerprint density at radius 2 is 1.88 bits per heavy atom. The summed E-state index contributed by atoms with van der Waals surface area (Å²) in [6.07, 6.45) is 10.9. The number of ether oxygens (including phenoxy) is 1. The van der Waals surface area contributed by atoms with Crippen molar-refractivity contribution in [2.24, 2.45) is 0 Å². The smallest absolute Gasteiger partial charge is 0.257 e. The van der Waals surface area contributed by atoms with E-state index < -0.39 is 0 Å². The van der Waals surface area contributed by atoms with E-state index in [4.69, 9.17) is 4.74 Å². The lowest BCUT2D eigenvalue weighted by atomic mass is 10.1. The minimum Gasteiger partial charge on any atom is -0.497 e. The van der Waals surface area contributed by atoms with Crippen molar-refractivity contribution in [3.05, 3.63) is 48.3 Å². The topological polar surface area (TPSA) is 63.2 Å². The summed E-state index contributed by atoms with van der Waals surface area (Å²) in [6.45, 7) is 0. The molecule has 1 fully saturated rings. The van der Waals surface area contributed by atoms with Crippen molar-refractivity contribution in [1.82, 2.24) is 4.98 Å². The molecule has 5 nitrogen and oxygen atoms in total. The first-order valence-corrected chi connectivity index (χ1v) is 8.91. The fourth-order valence-corrected chi connectivity index (χ4v) is 3.21. The van der Waals surface area contributed by atoms with Crippen molar-refractivity contribution >= 4 is 17.3 Å². The molecule has 0 radical (unpaired) electrons. The number of nitrogens with zero attached hydrogens (tertiary/aromatic N) is 1. The van der Waals surface area contributed by atoms with Crippen molar-refractivity contribution in [3.8, 4) is 5.75 Å². The Balaban J connectivity index is 1.66. The zero-order valence-corrected chi connectivity index (χ0v) is 14.6. The standard InChI is InChI=1S/C20H25N3O2/c1-25-19-10-6-9-17(12-19)23-20(24)15-11-18(14-21-13-15)22-16-7-4-2-3-5-8-16/h6,9-14,16,22H,2-5,7-8H2,1H3,(H,23,24). The molecule has 0 saturated heterocycles. The fourth-order valence-electron chi connectivity index (χ4n) is 3.21. The first kappa shape index (κ1) is 17.3. The van der Waals surface area contributed by atoms with Crippen molar-refractivity contribution in [2.45, 2.75) is 44.6 Å². The maximum Gasteiger partial charge on any atom is 0.257 e. The molecule has 1 aliphatic rings. The SMILES string of the molecule is COc1cccc(NC(=O)c2cncc(NC3CCCCCC3)c2)c1. The number of hydrogen-bond acceptors (Lipinski definition) is 4. The van der Waals surface area contributed by atoms with Crippen LogP contribution in [-0.4, -0.2) is 24.0 Å². The van der Waals surface area contributed by atoms with Crippen molar-refractivity contribution in [1.29, 1.82) is 0 Å². The van der Waals surface area contributed by atoms with Crippen LogP contribution >= 0.6 is 0 Å². The monoisotopic (exact) mass is 339 g/mol. The van der Waals surface area contributed by atoms with Crippen LogP contribution in [0.25, 0.3) is 0 Å². The molecule has 1 heterocycles. The van der Waals surface area contributed by atoms with Crippen LogP contribution in [0.2, 0.25) is 0 Å². The Hall–Kier alpha value is -2.56. The number of pyridine rings is 1. The summed E-state index contributed by atoms with van der Waals surface area (Å²) in [5.41, 5.74) is 2.15. The van der Waals surface area contributed by atoms with Crippen LogP contribution in [0, 0.1) is 0 Å². The number of hydrogen-bond donors (Lipinski definition) is 2. The van der Waals surface area contributed by atoms with Crippen molar-refractivity contribution in [3.63, 3.8) is 0 Å². The number of rotatable bonds is 5. The lowest BCUT2D eigenvalue weighted by Crippen LogP contribution is -2.19. The first-order valence-electron chi connectivity index (χ1n) is 8.91. The predicted octanol–water partition coefficient (Wildman–Crippen LogP) is 4.48. The molecule has 2 N–H and O–H groups in total. The van der Waals surface area contributed by atoms with E-state index in [1.54, 1.807) is 25.6 Å². The molecule has 0 atom stereocenters. The average Bonchev–Trinajstić information content (AvgIpc) is 2.91. The van der Waals surface area contributed by atoms with Crippen molar-refractivity contribution < 1.29 is 9.53 Å². The molecule has 0 bridgehead atoms. The lowest BCUT2D eigenvalue weighted by Gasteiger charge is -2.17. The van der Waals surface area contributed by atoms with E-state index in [-0.39, 0.29) is 5.91 Å². The van der Waals surface area contributed by atoms with Crippen LogP contribution in [0.5, 0.6) is 5.75 Å². The Labute approximate surface area is 148 Å². The van der Waals surface area contributed by atoms with Gasteiger partial charge in [0.05, 0.1) is 18.4 Å². The van der Waals surface area contributed by atoms with Crippen LogP contribution in [0.15, 0.2) is 42.7 Å². The summed E-state index contributed by atoms with van der Waals surface area (Å²) in [5.74, 6) is 0.532. The van der Waals surface area contributed by atoms with E-state index in [1.165, 1.54) is 38.5 Å². The van der Waals surface area contributed by atoms with Crippen LogP contribution < -0.4 is 15.4 Å². The van der Waals surface area contributed by atoms with Crippen LogP contribution in [0.1, 0.15) is 48.9 Å². The summed E-state index contributed by atoms with van der Waals surface area (Å²) in [6, 6.07) is 9.65. The summed E-state index contributed by atoms with van der Waals surface area (Å²) < 4.78 is 5.18. The highest BCUT2D eigenvalue weighted by molar-refractivity contribution is 6.04. The van der Waals surface area contributed by atoms with Gasteiger partial charge in [0.15, 0.2) is 0 Å². The van der Waals surface area contributed by atoms with E-state index in [1.807, 2.05) is 24.3 Å². The lowest BCUT2D eigenvalue weighted by molar-refractivity contribution is 0.102. The molecule has 3 rings (SSSR count). The summed E-state index contributed by atoms with van der Waals surface area (Å²) >= 11 is 0. The molecule has 132 valence electrons. The first-order chi connectivity index (χ1) is 12.2. The molecule has 5 heteroatoms. The Kier molecular flexibility index (Phi) is 5.88. The summed E-state index contributed by atoms with van der Waals surface area (Å²) in [5, 5.41) is 6.42. The minimum absolute atomic E-state index is 0.176. The van der Waals surface area contributed by atoms with Crippen molar-refractivity contribution in [2.75, 3.05) is 17.7 Å². The summed E-state index contributed by atoms with van der Waals surface area (Å²) in [4.78, 5) is 16.7. The van der Waals surface area contributed by atoms with Gasteiger partial charge in [0.25, 0.3) is 5.91 Å². The second-order valence-corrected chi connectivity index (χ2v) is 6.48. The Bertz CT molecular complexity index is 710. The number of methoxy groups -OCH3 is 1. The number of benzene rings is 1. The molecule has 0 unspecified atom stereocenters. The number of carbonyl (C=O) groups is 1. The van der Waals surface area contributed by atoms with Crippen LogP contribution in [0.3, 0.4) is 0 Å². The Morgan fingerprint density at radius 3 is 2.64 bits per heavy atom. The van der Waals surface area contributed by atoms with Gasteiger partial charge < -0.3 is 15.4 Å². The van der Waals surface area contributed by atoms with E-state index in [0.29, 0.717) is 23.0 Å². The minimum atomic E-state index is -0.176. The largest absolute Gasteiger partial charge is 0.497 e. The fraction of sp³-hybridized carbons (Fsp3) is 0.400. The van der Waals surface area contributed by atoms with E-state index >= 15 is 0 Å². The normalized spacial score (nSPS) is 15.2. The molecule has 1 saturated carbocycles. The molecule has 1 aliphatic carbocycles. The maximum absolute atomic E-state index is 12.5. The van der Waals surface area contributed by atoms with Gasteiger partial charge in [0.2, 0.25) is 0 Å². The molecule has 25 heavy (non-hydrogen) atoms. The predicted molar refractivity (Wildman–Crippen MR) is 100 cm³/mol. The third-order valence-electron chi connectivity index (χ3n) is 4.55. The average molecular weight is 339 g/mol. The van der Waals surface area contributed by atoms with Gasteiger partial charge in [-0.25, -0.2) is 0 Å². The van der Waals surface area contributed by atoms with Gasteiger partial charge in [-0.1, -0.05) is 31.7 Å². The van der Waals surface area contributed by atoms with E-state index in [0.717, 1.165) is 5.69 Å². The van der Waals surface area contributed by atoms with E-state index in [2.05, 4.69) is 15.6 Å². The van der Waals surface area contributed by atoms with Gasteiger partial charge in [0, 0.05) is 30.2 Å². The quantitative estimate of drug-likeness (QED) is 0.789. The van der Waals surface area contributed by atoms with Gasteiger partial charge in [-0.05, 0) is 31.0 Å². The maximum atomic E-state index is 12.5. The second-order valence-electron chi connectivity index (χ2n) is 6.48. The van der Waals surface area contributed by atoms with Gasteiger partial charge in [-0.2, -0.15) is 0 Å². The molecule has 0 spiro atoms. The summed E-state index contributed by atoms with van der Waals surface area (Å²) in [7, 11) is 1.60. The highest BCUT2D eigenvalue weighted by atomic mass is 16.5. The number of anilines is 2. The van der Waals surface area contributed by atoms with Gasteiger partial charge in [-0.3, -0.25) is 9.78 Å². The number of aromatic nitrogens is 1. The van der Waals surface area contributed by atoms with E-state index in [9.17, 15) is 4.79 Å². The molecule has 2 aromatic rings. The second kappa shape index (κ2) is 8.51. The molecule has 0 aliphatic heterocycles. The molecule has 1 amide bonds. The van der Waals surface area contributed by atoms with Gasteiger partial charge in [-0.15, -0.1) is 0 Å². The van der Waals surface area contributed by atoms with Crippen LogP contribution in [-0.2, 0) is 0 Å². The highest BCUT2D eigenvalue weighted by Crippen LogP contribution is 2.22. The zero-order chi connectivity index (χ0) is 17.5. The third kappa shape index (κ3) is 4.95. The molecular formula is C20H25N3O2. The van der Waals surface area contributed by atoms with Gasteiger partial charge in [0.1, 0.15) is 5.75 Å². The van der Waals surface area contributed by atoms with Gasteiger partial charge >= 0.3 is 0 Å². The highest BCUT2D eigenvalue weighted by Gasteiger charge is 2.13. The van der Waals surface area contributed by atoms with Crippen LogP contribution in [0.4, 0.5) is 11.4 Å². The zero-order valence-electron chi connectivity index (χ0n) is 14.6. The Morgan fingerprint density at radius 1 is 1.08 bits per heavy atom. The number of carbonyl (C=O) groups excluding carboxylic acids is 1.